The average molecular weight is 203 g/mol. The van der Waals surface area contributed by atoms with Crippen LogP contribution in [0.4, 0.5) is 0 Å². The predicted octanol–water partition coefficient (Wildman–Crippen LogP) is 2.51. The first-order valence-corrected chi connectivity index (χ1v) is 5.09. The Morgan fingerprint density at radius 3 is 3.14 bits per heavy atom. The molecule has 2 aromatic heterocycles. The lowest BCUT2D eigenvalue weighted by atomic mass is 10.3. The van der Waals surface area contributed by atoms with Crippen LogP contribution >= 0.6 is 11.3 Å². The molecule has 2 aromatic rings. The molecule has 0 fully saturated rings. The second kappa shape index (κ2) is 3.64. The van der Waals surface area contributed by atoms with E-state index in [1.165, 1.54) is 0 Å². The second-order valence-electron chi connectivity index (χ2n) is 2.96. The molecule has 3 nitrogen and oxygen atoms in total. The topological polar surface area (TPSA) is 52.5 Å². The summed E-state index contributed by atoms with van der Waals surface area (Å²) in [5, 5.41) is 9.59. The molecule has 0 aliphatic heterocycles. The fraction of sp³-hybridized carbons (Fsp3) is 0.200. The van der Waals surface area contributed by atoms with Crippen LogP contribution in [0.1, 0.15) is 10.6 Å². The summed E-state index contributed by atoms with van der Waals surface area (Å²) in [4.78, 5) is 8.47. The van der Waals surface area contributed by atoms with E-state index in [4.69, 9.17) is 5.26 Å². The number of aromatic nitrogens is 2. The van der Waals surface area contributed by atoms with Gasteiger partial charge in [0.25, 0.3) is 0 Å². The van der Waals surface area contributed by atoms with Crippen LogP contribution in [-0.2, 0) is 6.42 Å². The first-order chi connectivity index (χ1) is 6.81. The highest BCUT2D eigenvalue weighted by Crippen LogP contribution is 2.27. The van der Waals surface area contributed by atoms with Gasteiger partial charge in [-0.2, -0.15) is 5.26 Å². The predicted molar refractivity (Wildman–Crippen MR) is 56.0 cm³/mol. The zero-order valence-corrected chi connectivity index (χ0v) is 8.56. The quantitative estimate of drug-likeness (QED) is 0.815. The van der Waals surface area contributed by atoms with Crippen LogP contribution in [0.15, 0.2) is 18.5 Å². The van der Waals surface area contributed by atoms with Crippen molar-refractivity contribution < 1.29 is 0 Å². The first-order valence-electron chi connectivity index (χ1n) is 4.27. The Hall–Kier alpha value is -1.60. The van der Waals surface area contributed by atoms with E-state index in [-0.39, 0.29) is 0 Å². The van der Waals surface area contributed by atoms with Crippen molar-refractivity contribution in [1.82, 2.24) is 9.97 Å². The lowest BCUT2D eigenvalue weighted by Gasteiger charge is -1.85. The zero-order chi connectivity index (χ0) is 9.97. The molecule has 4 heteroatoms. The van der Waals surface area contributed by atoms with Crippen molar-refractivity contribution in [3.8, 4) is 16.6 Å². The van der Waals surface area contributed by atoms with E-state index in [2.05, 4.69) is 16.0 Å². The summed E-state index contributed by atoms with van der Waals surface area (Å²) in [5.74, 6) is 0. The number of nitrogens with zero attached hydrogens (tertiary/aromatic N) is 2. The van der Waals surface area contributed by atoms with Gasteiger partial charge in [-0.25, -0.2) is 4.98 Å². The maximum absolute atomic E-state index is 8.61. The molecule has 0 aliphatic carbocycles. The molecule has 0 radical (unpaired) electrons. The van der Waals surface area contributed by atoms with Crippen molar-refractivity contribution in [3.63, 3.8) is 0 Å². The van der Waals surface area contributed by atoms with Crippen LogP contribution in [0.2, 0.25) is 0 Å². The molecule has 0 bridgehead atoms. The van der Waals surface area contributed by atoms with Crippen LogP contribution in [-0.4, -0.2) is 9.97 Å². The highest BCUT2D eigenvalue weighted by molar-refractivity contribution is 7.15. The minimum atomic E-state index is 0.452. The molecule has 2 heterocycles. The van der Waals surface area contributed by atoms with Gasteiger partial charge in [-0.15, -0.1) is 11.3 Å². The summed E-state index contributed by atoms with van der Waals surface area (Å²) in [6.07, 6.45) is 4.23. The molecule has 0 atom stereocenters. The molecule has 1 N–H and O–H groups in total. The summed E-state index contributed by atoms with van der Waals surface area (Å²) in [7, 11) is 0. The number of nitrogens with one attached hydrogen (secondary N) is 1. The van der Waals surface area contributed by atoms with E-state index in [9.17, 15) is 0 Å². The molecule has 14 heavy (non-hydrogen) atoms. The smallest absolute Gasteiger partial charge is 0.125 e. The normalized spacial score (nSPS) is 10.0. The van der Waals surface area contributed by atoms with E-state index in [1.807, 2.05) is 25.4 Å². The first kappa shape index (κ1) is 8.97. The van der Waals surface area contributed by atoms with Gasteiger partial charge >= 0.3 is 0 Å². The SMILES string of the molecule is Cc1nc(-c2cc[nH]c2)sc1CC#N. The lowest BCUT2D eigenvalue weighted by molar-refractivity contribution is 1.18. The number of hydrogen-bond acceptors (Lipinski definition) is 3. The Balaban J connectivity index is 2.39. The van der Waals surface area contributed by atoms with Crippen molar-refractivity contribution in [1.29, 1.82) is 5.26 Å². The van der Waals surface area contributed by atoms with Gasteiger partial charge < -0.3 is 4.98 Å². The van der Waals surface area contributed by atoms with Gasteiger partial charge in [-0.3, -0.25) is 0 Å². The number of thiazole rings is 1. The van der Waals surface area contributed by atoms with Crippen molar-refractivity contribution >= 4 is 11.3 Å². The molecule has 0 aliphatic rings. The third-order valence-electron chi connectivity index (χ3n) is 1.98. The van der Waals surface area contributed by atoms with Crippen LogP contribution in [0.25, 0.3) is 10.6 Å². The standard InChI is InChI=1S/C10H9N3S/c1-7-9(2-4-11)14-10(13-7)8-3-5-12-6-8/h3,5-6,12H,2H2,1H3. The fourth-order valence-electron chi connectivity index (χ4n) is 1.24. The van der Waals surface area contributed by atoms with Gasteiger partial charge in [0.2, 0.25) is 0 Å². The third-order valence-corrected chi connectivity index (χ3v) is 3.18. The van der Waals surface area contributed by atoms with Crippen molar-refractivity contribution in [3.05, 3.63) is 29.0 Å². The molecular weight excluding hydrogens is 194 g/mol. The molecular formula is C10H9N3S. The monoisotopic (exact) mass is 203 g/mol. The molecule has 70 valence electrons. The van der Waals surface area contributed by atoms with Crippen molar-refractivity contribution in [2.75, 3.05) is 0 Å². The highest BCUT2D eigenvalue weighted by atomic mass is 32.1. The van der Waals surface area contributed by atoms with Crippen LogP contribution in [0, 0.1) is 18.3 Å². The Labute approximate surface area is 86.0 Å². The van der Waals surface area contributed by atoms with E-state index in [0.717, 1.165) is 21.1 Å². The second-order valence-corrected chi connectivity index (χ2v) is 4.05. The van der Waals surface area contributed by atoms with Crippen LogP contribution in [0.5, 0.6) is 0 Å². The molecule has 2 rings (SSSR count). The van der Waals surface area contributed by atoms with Crippen molar-refractivity contribution in [2.45, 2.75) is 13.3 Å². The largest absolute Gasteiger partial charge is 0.367 e. The third kappa shape index (κ3) is 1.54. The number of H-pyrrole nitrogens is 1. The summed E-state index contributed by atoms with van der Waals surface area (Å²) in [6.45, 7) is 1.94. The number of nitriles is 1. The minimum Gasteiger partial charge on any atom is -0.367 e. The van der Waals surface area contributed by atoms with E-state index < -0.39 is 0 Å². The summed E-state index contributed by atoms with van der Waals surface area (Å²) in [6, 6.07) is 4.13. The van der Waals surface area contributed by atoms with Gasteiger partial charge in [0.1, 0.15) is 5.01 Å². The fourth-order valence-corrected chi connectivity index (χ4v) is 2.24. The number of aryl methyl sites for hydroxylation is 1. The molecule has 0 aromatic carbocycles. The molecule has 0 saturated carbocycles. The van der Waals surface area contributed by atoms with E-state index in [0.29, 0.717) is 6.42 Å². The Morgan fingerprint density at radius 1 is 1.64 bits per heavy atom. The molecule has 0 saturated heterocycles. The molecule has 0 spiro atoms. The summed E-state index contributed by atoms with van der Waals surface area (Å²) >= 11 is 1.59. The number of aromatic amines is 1. The van der Waals surface area contributed by atoms with Gasteiger partial charge in [0.05, 0.1) is 18.2 Å². The summed E-state index contributed by atoms with van der Waals surface area (Å²) in [5.41, 5.74) is 2.05. The maximum Gasteiger partial charge on any atom is 0.125 e. The Bertz CT molecular complexity index is 462. The molecule has 0 unspecified atom stereocenters. The number of rotatable bonds is 2. The zero-order valence-electron chi connectivity index (χ0n) is 7.74. The molecule has 0 amide bonds. The number of hydrogen-bond donors (Lipinski definition) is 1. The van der Waals surface area contributed by atoms with Gasteiger partial charge in [0.15, 0.2) is 0 Å². The van der Waals surface area contributed by atoms with Gasteiger partial charge in [-0.05, 0) is 13.0 Å². The lowest BCUT2D eigenvalue weighted by Crippen LogP contribution is -1.79. The van der Waals surface area contributed by atoms with E-state index in [1.54, 1.807) is 11.3 Å². The van der Waals surface area contributed by atoms with E-state index >= 15 is 0 Å². The summed E-state index contributed by atoms with van der Waals surface area (Å²) < 4.78 is 0. The Morgan fingerprint density at radius 2 is 2.50 bits per heavy atom. The average Bonchev–Trinajstić information content (AvgIpc) is 2.76. The Kier molecular flexibility index (Phi) is 2.33. The van der Waals surface area contributed by atoms with Gasteiger partial charge in [-0.1, -0.05) is 0 Å². The van der Waals surface area contributed by atoms with Crippen LogP contribution in [0.3, 0.4) is 0 Å². The van der Waals surface area contributed by atoms with Gasteiger partial charge in [0, 0.05) is 22.8 Å². The van der Waals surface area contributed by atoms with Crippen LogP contribution < -0.4 is 0 Å². The van der Waals surface area contributed by atoms with Crippen molar-refractivity contribution in [2.24, 2.45) is 0 Å². The minimum absolute atomic E-state index is 0.452. The highest BCUT2D eigenvalue weighted by Gasteiger charge is 2.08. The maximum atomic E-state index is 8.61.